The molecular weight excluding hydrogens is 370 g/mol. The molecule has 28 heavy (non-hydrogen) atoms. The smallest absolute Gasteiger partial charge is 0.254 e. The molecule has 2 aromatic carbocycles. The summed E-state index contributed by atoms with van der Waals surface area (Å²) in [6, 6.07) is 15.3. The highest BCUT2D eigenvalue weighted by atomic mass is 32.1. The van der Waals surface area contributed by atoms with Crippen molar-refractivity contribution in [2.75, 3.05) is 18.8 Å². The third-order valence-corrected chi connectivity index (χ3v) is 6.37. The lowest BCUT2D eigenvalue weighted by atomic mass is 9.70. The Hall–Kier alpha value is -2.86. The lowest BCUT2D eigenvalue weighted by molar-refractivity contribution is 0.0683. The van der Waals surface area contributed by atoms with Crippen LogP contribution < -0.4 is 5.73 Å². The summed E-state index contributed by atoms with van der Waals surface area (Å²) in [7, 11) is 0. The number of benzene rings is 2. The molecule has 3 N–H and O–H groups in total. The Kier molecular flexibility index (Phi) is 4.81. The summed E-state index contributed by atoms with van der Waals surface area (Å²) in [5.41, 5.74) is 9.32. The first-order chi connectivity index (χ1) is 13.5. The van der Waals surface area contributed by atoms with E-state index in [1.807, 2.05) is 35.4 Å². The van der Waals surface area contributed by atoms with E-state index in [0.29, 0.717) is 23.8 Å². The predicted molar refractivity (Wildman–Crippen MR) is 112 cm³/mol. The van der Waals surface area contributed by atoms with Crippen molar-refractivity contribution in [1.29, 1.82) is 0 Å². The Morgan fingerprint density at radius 3 is 2.54 bits per heavy atom. The van der Waals surface area contributed by atoms with Crippen molar-refractivity contribution >= 4 is 22.4 Å². The van der Waals surface area contributed by atoms with E-state index in [1.54, 1.807) is 18.2 Å². The number of phenols is 1. The second-order valence-corrected chi connectivity index (χ2v) is 8.20. The molecule has 1 amide bonds. The summed E-state index contributed by atoms with van der Waals surface area (Å²) in [6.45, 7) is 3.14. The lowest BCUT2D eigenvalue weighted by Crippen LogP contribution is -2.46. The van der Waals surface area contributed by atoms with Crippen LogP contribution >= 0.6 is 11.3 Å². The van der Waals surface area contributed by atoms with Gasteiger partial charge in [-0.2, -0.15) is 0 Å². The molecule has 1 saturated heterocycles. The highest BCUT2D eigenvalue weighted by Crippen LogP contribution is 2.42. The van der Waals surface area contributed by atoms with Gasteiger partial charge in [0.05, 0.1) is 5.69 Å². The summed E-state index contributed by atoms with van der Waals surface area (Å²) in [6.07, 6.45) is 1.56. The zero-order valence-corrected chi connectivity index (χ0v) is 16.6. The van der Waals surface area contributed by atoms with Crippen LogP contribution in [0.2, 0.25) is 0 Å². The fourth-order valence-corrected chi connectivity index (χ4v) is 4.72. The minimum atomic E-state index is -0.236. The molecule has 1 aliphatic rings. The number of piperidine rings is 1. The summed E-state index contributed by atoms with van der Waals surface area (Å²) in [5.74, 6) is 0.0791. The van der Waals surface area contributed by atoms with Crippen LogP contribution in [0.15, 0.2) is 53.9 Å². The van der Waals surface area contributed by atoms with Crippen molar-refractivity contribution in [3.8, 4) is 5.75 Å². The molecule has 0 saturated carbocycles. The molecule has 3 aromatic rings. The number of carbonyl (C=O) groups excluding carboxylic acids is 1. The number of aromatic hydroxyl groups is 1. The molecule has 5 nitrogen and oxygen atoms in total. The maximum atomic E-state index is 13.0. The molecule has 0 spiro atoms. The fraction of sp³-hybridized carbons (Fsp3) is 0.273. The SMILES string of the molecule is Cc1ccc(O)cc1C(=O)N1CCC(c2ccccc2)(c2csc(N)n2)CC1. The minimum absolute atomic E-state index is 0.0344. The number of likely N-dealkylation sites (tertiary alicyclic amines) is 1. The molecule has 1 aliphatic heterocycles. The lowest BCUT2D eigenvalue weighted by Gasteiger charge is -2.41. The number of aromatic nitrogens is 1. The van der Waals surface area contributed by atoms with Crippen LogP contribution in [0.4, 0.5) is 5.13 Å². The van der Waals surface area contributed by atoms with E-state index in [2.05, 4.69) is 17.1 Å². The predicted octanol–water partition coefficient (Wildman–Crippen LogP) is 3.96. The maximum absolute atomic E-state index is 13.0. The average molecular weight is 394 g/mol. The van der Waals surface area contributed by atoms with Crippen LogP contribution in [-0.4, -0.2) is 34.0 Å². The second kappa shape index (κ2) is 7.28. The number of nitrogens with zero attached hydrogens (tertiary/aromatic N) is 2. The monoisotopic (exact) mass is 393 g/mol. The molecule has 0 aliphatic carbocycles. The first-order valence-electron chi connectivity index (χ1n) is 9.35. The third-order valence-electron chi connectivity index (χ3n) is 5.69. The number of thiazole rings is 1. The van der Waals surface area contributed by atoms with Gasteiger partial charge >= 0.3 is 0 Å². The highest BCUT2D eigenvalue weighted by Gasteiger charge is 2.41. The molecule has 2 heterocycles. The topological polar surface area (TPSA) is 79.5 Å². The Bertz CT molecular complexity index is 992. The van der Waals surface area contributed by atoms with Crippen LogP contribution in [0.1, 0.15) is 40.0 Å². The van der Waals surface area contributed by atoms with Crippen LogP contribution in [-0.2, 0) is 5.41 Å². The summed E-state index contributed by atoms with van der Waals surface area (Å²) < 4.78 is 0. The maximum Gasteiger partial charge on any atom is 0.254 e. The van der Waals surface area contributed by atoms with E-state index < -0.39 is 0 Å². The Labute approximate surface area is 168 Å². The number of amides is 1. The molecule has 0 radical (unpaired) electrons. The van der Waals surface area contributed by atoms with Crippen molar-refractivity contribution in [3.05, 3.63) is 76.3 Å². The van der Waals surface area contributed by atoms with Gasteiger partial charge in [-0.1, -0.05) is 36.4 Å². The third kappa shape index (κ3) is 3.24. The van der Waals surface area contributed by atoms with E-state index in [4.69, 9.17) is 5.73 Å². The van der Waals surface area contributed by atoms with Gasteiger partial charge in [0.2, 0.25) is 0 Å². The molecule has 144 valence electrons. The zero-order chi connectivity index (χ0) is 19.7. The second-order valence-electron chi connectivity index (χ2n) is 7.31. The first kappa shape index (κ1) is 18.5. The molecule has 0 atom stereocenters. The Morgan fingerprint density at radius 1 is 1.18 bits per heavy atom. The quantitative estimate of drug-likeness (QED) is 0.706. The van der Waals surface area contributed by atoms with Crippen LogP contribution in [0.5, 0.6) is 5.75 Å². The Morgan fingerprint density at radius 2 is 1.89 bits per heavy atom. The Balaban J connectivity index is 1.62. The molecule has 0 bridgehead atoms. The van der Waals surface area contributed by atoms with E-state index in [1.165, 1.54) is 16.9 Å². The largest absolute Gasteiger partial charge is 0.508 e. The van der Waals surface area contributed by atoms with Gasteiger partial charge in [0.25, 0.3) is 5.91 Å². The first-order valence-corrected chi connectivity index (χ1v) is 10.2. The summed E-state index contributed by atoms with van der Waals surface area (Å²) in [5, 5.41) is 12.4. The molecule has 1 aromatic heterocycles. The average Bonchev–Trinajstić information content (AvgIpc) is 3.17. The van der Waals surface area contributed by atoms with Gasteiger partial charge in [0.1, 0.15) is 5.75 Å². The van der Waals surface area contributed by atoms with Crippen molar-refractivity contribution in [2.24, 2.45) is 0 Å². The number of phenolic OH excluding ortho intramolecular Hbond substituents is 1. The minimum Gasteiger partial charge on any atom is -0.508 e. The number of aryl methyl sites for hydroxylation is 1. The number of carbonyl (C=O) groups is 1. The van der Waals surface area contributed by atoms with E-state index in [9.17, 15) is 9.90 Å². The van der Waals surface area contributed by atoms with E-state index in [0.717, 1.165) is 24.1 Å². The zero-order valence-electron chi connectivity index (χ0n) is 15.8. The standard InChI is InChI=1S/C22H23N3O2S/c1-15-7-8-17(26)13-18(15)20(27)25-11-9-22(10-12-25,16-5-3-2-4-6-16)19-14-28-21(23)24-19/h2-8,13-14,26H,9-12H2,1H3,(H2,23,24). The van der Waals surface area contributed by atoms with Crippen LogP contribution in [0.3, 0.4) is 0 Å². The number of nitrogen functional groups attached to an aromatic ring is 1. The normalized spacial score (nSPS) is 16.1. The van der Waals surface area contributed by atoms with Crippen molar-refractivity contribution in [1.82, 2.24) is 9.88 Å². The molecule has 6 heteroatoms. The van der Waals surface area contributed by atoms with Gasteiger partial charge in [-0.05, 0) is 43.0 Å². The van der Waals surface area contributed by atoms with Crippen molar-refractivity contribution in [3.63, 3.8) is 0 Å². The van der Waals surface area contributed by atoms with Gasteiger partial charge < -0.3 is 15.7 Å². The molecular formula is C22H23N3O2S. The van der Waals surface area contributed by atoms with Gasteiger partial charge in [-0.25, -0.2) is 4.98 Å². The van der Waals surface area contributed by atoms with E-state index >= 15 is 0 Å². The number of anilines is 1. The molecule has 4 rings (SSSR count). The van der Waals surface area contributed by atoms with Gasteiger partial charge in [0, 0.05) is 29.4 Å². The summed E-state index contributed by atoms with van der Waals surface area (Å²) in [4.78, 5) is 19.5. The number of rotatable bonds is 3. The van der Waals surface area contributed by atoms with Crippen LogP contribution in [0, 0.1) is 6.92 Å². The number of nitrogens with two attached hydrogens (primary N) is 1. The van der Waals surface area contributed by atoms with Crippen LogP contribution in [0.25, 0.3) is 0 Å². The molecule has 1 fully saturated rings. The van der Waals surface area contributed by atoms with E-state index in [-0.39, 0.29) is 17.1 Å². The van der Waals surface area contributed by atoms with Crippen molar-refractivity contribution < 1.29 is 9.90 Å². The highest BCUT2D eigenvalue weighted by molar-refractivity contribution is 7.13. The number of hydrogen-bond donors (Lipinski definition) is 2. The summed E-state index contributed by atoms with van der Waals surface area (Å²) >= 11 is 1.46. The van der Waals surface area contributed by atoms with Gasteiger partial charge in [0.15, 0.2) is 5.13 Å². The fourth-order valence-electron chi connectivity index (χ4n) is 4.06. The van der Waals surface area contributed by atoms with Crippen molar-refractivity contribution in [2.45, 2.75) is 25.2 Å². The number of hydrogen-bond acceptors (Lipinski definition) is 5. The van der Waals surface area contributed by atoms with Gasteiger partial charge in [-0.3, -0.25) is 4.79 Å². The van der Waals surface area contributed by atoms with Gasteiger partial charge in [-0.15, -0.1) is 11.3 Å². The molecule has 0 unspecified atom stereocenters.